The number of hydrogen-bond acceptors (Lipinski definition) is 4. The Morgan fingerprint density at radius 1 is 1.23 bits per heavy atom. The second-order valence-corrected chi connectivity index (χ2v) is 6.52. The third-order valence-corrected chi connectivity index (χ3v) is 4.68. The Hall–Kier alpha value is -2.92. The first-order valence-electron chi connectivity index (χ1n) is 8.68. The molecule has 0 saturated heterocycles. The van der Waals surface area contributed by atoms with Gasteiger partial charge in [-0.3, -0.25) is 9.78 Å². The fraction of sp³-hybridized carbons (Fsp3) is 0.238. The third-order valence-electron chi connectivity index (χ3n) is 4.68. The van der Waals surface area contributed by atoms with Gasteiger partial charge in [-0.2, -0.15) is 0 Å². The predicted molar refractivity (Wildman–Crippen MR) is 101 cm³/mol. The molecule has 5 heteroatoms. The molecule has 5 nitrogen and oxygen atoms in total. The lowest BCUT2D eigenvalue weighted by molar-refractivity contribution is 0.102. The molecule has 2 aromatic carbocycles. The van der Waals surface area contributed by atoms with Crippen molar-refractivity contribution < 1.29 is 14.6 Å². The van der Waals surface area contributed by atoms with Gasteiger partial charge in [0.05, 0.1) is 24.8 Å². The van der Waals surface area contributed by atoms with Crippen LogP contribution in [0.1, 0.15) is 40.4 Å². The van der Waals surface area contributed by atoms with Gasteiger partial charge in [0.15, 0.2) is 0 Å². The van der Waals surface area contributed by atoms with Gasteiger partial charge in [-0.05, 0) is 43.2 Å². The zero-order chi connectivity index (χ0) is 18.1. The van der Waals surface area contributed by atoms with Gasteiger partial charge in [0.25, 0.3) is 5.91 Å². The predicted octanol–water partition coefficient (Wildman–Crippen LogP) is 3.87. The van der Waals surface area contributed by atoms with E-state index in [0.717, 1.165) is 29.4 Å². The number of methoxy groups -OCH3 is 1. The molecule has 0 atom stereocenters. The van der Waals surface area contributed by atoms with E-state index in [2.05, 4.69) is 5.32 Å². The number of amides is 1. The van der Waals surface area contributed by atoms with Crippen molar-refractivity contribution in [1.82, 2.24) is 4.98 Å². The van der Waals surface area contributed by atoms with Crippen LogP contribution in [0.2, 0.25) is 0 Å². The zero-order valence-electron chi connectivity index (χ0n) is 14.5. The molecule has 26 heavy (non-hydrogen) atoms. The molecule has 1 fully saturated rings. The highest BCUT2D eigenvalue weighted by molar-refractivity contribution is 6.12. The van der Waals surface area contributed by atoms with Gasteiger partial charge in [0, 0.05) is 28.2 Å². The molecule has 3 aromatic rings. The van der Waals surface area contributed by atoms with Crippen LogP contribution in [-0.4, -0.2) is 23.1 Å². The summed E-state index contributed by atoms with van der Waals surface area (Å²) in [5, 5.41) is 13.2. The van der Waals surface area contributed by atoms with Gasteiger partial charge >= 0.3 is 0 Å². The normalized spacial score (nSPS) is 13.6. The Morgan fingerprint density at radius 2 is 2.04 bits per heavy atom. The first kappa shape index (κ1) is 16.5. The molecule has 1 aliphatic carbocycles. The Labute approximate surface area is 151 Å². The standard InChI is InChI=1S/C21H20N2O3/c1-26-20-9-8-15(10-14(20)12-24)22-21(25)17-11-19(13-6-7-13)23-18-5-3-2-4-16(17)18/h2-5,8-11,13,24H,6-7,12H2,1H3,(H,22,25). The molecule has 132 valence electrons. The van der Waals surface area contributed by atoms with E-state index in [0.29, 0.717) is 28.5 Å². The van der Waals surface area contributed by atoms with Crippen molar-refractivity contribution in [2.45, 2.75) is 25.4 Å². The molecule has 1 heterocycles. The highest BCUT2D eigenvalue weighted by Gasteiger charge is 2.27. The lowest BCUT2D eigenvalue weighted by Crippen LogP contribution is -2.13. The van der Waals surface area contributed by atoms with Crippen LogP contribution in [0.4, 0.5) is 5.69 Å². The van der Waals surface area contributed by atoms with Crippen LogP contribution in [0.3, 0.4) is 0 Å². The maximum absolute atomic E-state index is 12.9. The van der Waals surface area contributed by atoms with Crippen LogP contribution < -0.4 is 10.1 Å². The highest BCUT2D eigenvalue weighted by Crippen LogP contribution is 2.40. The third kappa shape index (κ3) is 3.13. The number of hydrogen-bond donors (Lipinski definition) is 2. The second kappa shape index (κ2) is 6.77. The van der Waals surface area contributed by atoms with Crippen molar-refractivity contribution in [3.63, 3.8) is 0 Å². The maximum atomic E-state index is 12.9. The summed E-state index contributed by atoms with van der Waals surface area (Å²) in [6.45, 7) is -0.156. The number of rotatable bonds is 5. The van der Waals surface area contributed by atoms with Gasteiger partial charge in [-0.15, -0.1) is 0 Å². The van der Waals surface area contributed by atoms with Crippen LogP contribution in [0.5, 0.6) is 5.75 Å². The van der Waals surface area contributed by atoms with E-state index in [1.54, 1.807) is 25.3 Å². The Morgan fingerprint density at radius 3 is 2.77 bits per heavy atom. The molecule has 0 unspecified atom stereocenters. The van der Waals surface area contributed by atoms with Gasteiger partial charge in [-0.25, -0.2) is 0 Å². The van der Waals surface area contributed by atoms with Crippen molar-refractivity contribution in [3.05, 3.63) is 65.4 Å². The molecule has 2 N–H and O–H groups in total. The minimum absolute atomic E-state index is 0.156. The highest BCUT2D eigenvalue weighted by atomic mass is 16.5. The summed E-state index contributed by atoms with van der Waals surface area (Å²) in [5.74, 6) is 0.878. The number of pyridine rings is 1. The van der Waals surface area contributed by atoms with Gasteiger partial charge in [-0.1, -0.05) is 18.2 Å². The van der Waals surface area contributed by atoms with Crippen LogP contribution >= 0.6 is 0 Å². The number of nitrogens with one attached hydrogen (secondary N) is 1. The molecule has 1 amide bonds. The number of fused-ring (bicyclic) bond motifs is 1. The number of nitrogens with zero attached hydrogens (tertiary/aromatic N) is 1. The Bertz CT molecular complexity index is 980. The van der Waals surface area contributed by atoms with Crippen molar-refractivity contribution in [3.8, 4) is 5.75 Å². The number of ether oxygens (including phenoxy) is 1. The second-order valence-electron chi connectivity index (χ2n) is 6.52. The number of aliphatic hydroxyl groups is 1. The van der Waals surface area contributed by atoms with Crippen LogP contribution in [0.25, 0.3) is 10.9 Å². The van der Waals surface area contributed by atoms with Crippen molar-refractivity contribution in [1.29, 1.82) is 0 Å². The summed E-state index contributed by atoms with van der Waals surface area (Å²) in [6, 6.07) is 14.8. The average molecular weight is 348 g/mol. The van der Waals surface area contributed by atoms with Crippen molar-refractivity contribution in [2.24, 2.45) is 0 Å². The fourth-order valence-corrected chi connectivity index (χ4v) is 3.15. The number of para-hydroxylation sites is 1. The van der Waals surface area contributed by atoms with E-state index < -0.39 is 0 Å². The summed E-state index contributed by atoms with van der Waals surface area (Å²) >= 11 is 0. The van der Waals surface area contributed by atoms with Gasteiger partial charge in [0.1, 0.15) is 5.75 Å². The molecule has 1 saturated carbocycles. The fourth-order valence-electron chi connectivity index (χ4n) is 3.15. The molecule has 0 aliphatic heterocycles. The number of aliphatic hydroxyl groups excluding tert-OH is 1. The molecule has 0 bridgehead atoms. The number of carbonyl (C=O) groups excluding carboxylic acids is 1. The largest absolute Gasteiger partial charge is 0.496 e. The summed E-state index contributed by atoms with van der Waals surface area (Å²) in [6.07, 6.45) is 2.26. The molecule has 1 aliphatic rings. The minimum atomic E-state index is -0.181. The first-order valence-corrected chi connectivity index (χ1v) is 8.68. The van der Waals surface area contributed by atoms with E-state index >= 15 is 0 Å². The van der Waals surface area contributed by atoms with Gasteiger partial charge < -0.3 is 15.2 Å². The van der Waals surface area contributed by atoms with E-state index in [4.69, 9.17) is 9.72 Å². The van der Waals surface area contributed by atoms with E-state index in [1.165, 1.54) is 0 Å². The number of aromatic nitrogens is 1. The topological polar surface area (TPSA) is 71.5 Å². The van der Waals surface area contributed by atoms with E-state index in [-0.39, 0.29) is 12.5 Å². The molecule has 1 aromatic heterocycles. The number of anilines is 1. The monoisotopic (exact) mass is 348 g/mol. The first-order chi connectivity index (χ1) is 12.7. The minimum Gasteiger partial charge on any atom is -0.496 e. The smallest absolute Gasteiger partial charge is 0.256 e. The van der Waals surface area contributed by atoms with Crippen molar-refractivity contribution in [2.75, 3.05) is 12.4 Å². The molecular weight excluding hydrogens is 328 g/mol. The van der Waals surface area contributed by atoms with E-state index in [9.17, 15) is 9.90 Å². The number of carbonyl (C=O) groups is 1. The lowest BCUT2D eigenvalue weighted by atomic mass is 10.0. The summed E-state index contributed by atoms with van der Waals surface area (Å²) < 4.78 is 5.21. The molecular formula is C21H20N2O3. The van der Waals surface area contributed by atoms with Crippen LogP contribution in [0, 0.1) is 0 Å². The molecule has 4 rings (SSSR count). The van der Waals surface area contributed by atoms with Crippen LogP contribution in [0.15, 0.2) is 48.5 Å². The zero-order valence-corrected chi connectivity index (χ0v) is 14.5. The number of benzene rings is 2. The Kier molecular flexibility index (Phi) is 4.31. The van der Waals surface area contributed by atoms with Crippen LogP contribution in [-0.2, 0) is 6.61 Å². The quantitative estimate of drug-likeness (QED) is 0.734. The van der Waals surface area contributed by atoms with E-state index in [1.807, 2.05) is 30.3 Å². The Balaban J connectivity index is 1.70. The summed E-state index contributed by atoms with van der Waals surface area (Å²) in [5.41, 5.74) is 3.70. The average Bonchev–Trinajstić information content (AvgIpc) is 3.52. The summed E-state index contributed by atoms with van der Waals surface area (Å²) in [7, 11) is 1.55. The maximum Gasteiger partial charge on any atom is 0.256 e. The summed E-state index contributed by atoms with van der Waals surface area (Å²) in [4.78, 5) is 17.7. The van der Waals surface area contributed by atoms with Gasteiger partial charge in [0.2, 0.25) is 0 Å². The lowest BCUT2D eigenvalue weighted by Gasteiger charge is -2.12. The van der Waals surface area contributed by atoms with Crippen molar-refractivity contribution >= 4 is 22.5 Å². The molecule has 0 spiro atoms. The molecule has 0 radical (unpaired) electrons. The SMILES string of the molecule is COc1ccc(NC(=O)c2cc(C3CC3)nc3ccccc23)cc1CO.